The van der Waals surface area contributed by atoms with Crippen LogP contribution >= 0.6 is 0 Å². The highest BCUT2D eigenvalue weighted by atomic mass is 19.4. The van der Waals surface area contributed by atoms with E-state index in [9.17, 15) is 13.2 Å². The minimum Gasteiger partial charge on any atom is -0.366 e. The number of rotatable bonds is 2. The maximum Gasteiger partial charge on any atom is 0.417 e. The maximum atomic E-state index is 12.4. The zero-order chi connectivity index (χ0) is 12.8. The molecule has 0 amide bonds. The van der Waals surface area contributed by atoms with Crippen LogP contribution in [0.1, 0.15) is 24.8 Å². The summed E-state index contributed by atoms with van der Waals surface area (Å²) in [5.41, 5.74) is -0.709. The summed E-state index contributed by atoms with van der Waals surface area (Å²) in [6.07, 6.45) is -0.0951. The van der Waals surface area contributed by atoms with Crippen molar-refractivity contribution in [3.05, 3.63) is 23.9 Å². The van der Waals surface area contributed by atoms with Crippen molar-refractivity contribution in [2.75, 3.05) is 5.32 Å². The molecule has 3 heterocycles. The highest BCUT2D eigenvalue weighted by Gasteiger charge is 2.39. The number of fused-ring (bicyclic) bond motifs is 2. The largest absolute Gasteiger partial charge is 0.417 e. The van der Waals surface area contributed by atoms with Crippen LogP contribution in [0.2, 0.25) is 0 Å². The summed E-state index contributed by atoms with van der Waals surface area (Å²) in [6, 6.07) is 3.74. The van der Waals surface area contributed by atoms with Crippen molar-refractivity contribution < 1.29 is 13.2 Å². The molecule has 0 aliphatic carbocycles. The van der Waals surface area contributed by atoms with E-state index in [1.165, 1.54) is 12.5 Å². The summed E-state index contributed by atoms with van der Waals surface area (Å²) in [5.74, 6) is 0.516. The van der Waals surface area contributed by atoms with Crippen molar-refractivity contribution in [1.82, 2.24) is 10.3 Å². The first-order chi connectivity index (χ1) is 8.52. The van der Waals surface area contributed by atoms with Crippen LogP contribution in [0.5, 0.6) is 0 Å². The van der Waals surface area contributed by atoms with Gasteiger partial charge in [0.05, 0.1) is 5.56 Å². The molecule has 0 aromatic carbocycles. The highest BCUT2D eigenvalue weighted by Crippen LogP contribution is 2.31. The fourth-order valence-electron chi connectivity index (χ4n) is 2.82. The third-order valence-corrected chi connectivity index (χ3v) is 3.72. The van der Waals surface area contributed by atoms with E-state index >= 15 is 0 Å². The number of hydrogen-bond donors (Lipinski definition) is 2. The van der Waals surface area contributed by atoms with Crippen molar-refractivity contribution in [3.63, 3.8) is 0 Å². The second kappa shape index (κ2) is 4.12. The third kappa shape index (κ3) is 2.16. The molecule has 2 N–H and O–H groups in total. The SMILES string of the molecule is FC(F)(F)c1ccc(NC2CC3CCC2N3)nc1. The minimum absolute atomic E-state index is 0.285. The molecule has 1 aromatic rings. The van der Waals surface area contributed by atoms with Gasteiger partial charge in [-0.2, -0.15) is 13.2 Å². The normalized spacial score (nSPS) is 30.7. The van der Waals surface area contributed by atoms with E-state index < -0.39 is 11.7 Å². The molecule has 6 heteroatoms. The van der Waals surface area contributed by atoms with E-state index in [1.54, 1.807) is 0 Å². The van der Waals surface area contributed by atoms with Gasteiger partial charge in [-0.25, -0.2) is 4.98 Å². The Balaban J connectivity index is 1.67. The molecule has 3 nitrogen and oxygen atoms in total. The summed E-state index contributed by atoms with van der Waals surface area (Å²) in [7, 11) is 0. The van der Waals surface area contributed by atoms with Crippen LogP contribution in [0.3, 0.4) is 0 Å². The monoisotopic (exact) mass is 257 g/mol. The number of halogens is 3. The second-order valence-electron chi connectivity index (χ2n) is 4.96. The van der Waals surface area contributed by atoms with Crippen molar-refractivity contribution in [1.29, 1.82) is 0 Å². The van der Waals surface area contributed by atoms with Gasteiger partial charge in [-0.15, -0.1) is 0 Å². The lowest BCUT2D eigenvalue weighted by molar-refractivity contribution is -0.137. The predicted molar refractivity (Wildman–Crippen MR) is 61.2 cm³/mol. The molecule has 0 radical (unpaired) electrons. The molecule has 2 aliphatic heterocycles. The van der Waals surface area contributed by atoms with E-state index in [4.69, 9.17) is 0 Å². The van der Waals surface area contributed by atoms with Gasteiger partial charge in [-0.1, -0.05) is 0 Å². The number of aromatic nitrogens is 1. The lowest BCUT2D eigenvalue weighted by Gasteiger charge is -2.22. The van der Waals surface area contributed by atoms with E-state index in [2.05, 4.69) is 15.6 Å². The van der Waals surface area contributed by atoms with Crippen LogP contribution < -0.4 is 10.6 Å². The molecule has 2 saturated heterocycles. The number of pyridine rings is 1. The van der Waals surface area contributed by atoms with Gasteiger partial charge in [0, 0.05) is 24.3 Å². The molecule has 98 valence electrons. The first-order valence-corrected chi connectivity index (χ1v) is 6.08. The number of alkyl halides is 3. The number of nitrogens with one attached hydrogen (secondary N) is 2. The van der Waals surface area contributed by atoms with Gasteiger partial charge in [0.1, 0.15) is 5.82 Å². The predicted octanol–water partition coefficient (Wildman–Crippen LogP) is 2.41. The van der Waals surface area contributed by atoms with Gasteiger partial charge in [-0.05, 0) is 31.4 Å². The van der Waals surface area contributed by atoms with Crippen LogP contribution in [0.25, 0.3) is 0 Å². The molecule has 3 rings (SSSR count). The molecule has 2 aliphatic rings. The molecular formula is C12H14F3N3. The first-order valence-electron chi connectivity index (χ1n) is 6.08. The Morgan fingerprint density at radius 1 is 1.28 bits per heavy atom. The highest BCUT2D eigenvalue weighted by molar-refractivity contribution is 5.38. The number of anilines is 1. The molecule has 0 spiro atoms. The van der Waals surface area contributed by atoms with Crippen molar-refractivity contribution in [2.45, 2.75) is 43.6 Å². The summed E-state index contributed by atoms with van der Waals surface area (Å²) in [5, 5.41) is 6.67. The zero-order valence-electron chi connectivity index (χ0n) is 9.67. The summed E-state index contributed by atoms with van der Waals surface area (Å²) in [6.45, 7) is 0. The van der Waals surface area contributed by atoms with Crippen LogP contribution in [0.15, 0.2) is 18.3 Å². The Morgan fingerprint density at radius 3 is 2.61 bits per heavy atom. The van der Waals surface area contributed by atoms with Crippen molar-refractivity contribution in [2.24, 2.45) is 0 Å². The molecule has 2 bridgehead atoms. The van der Waals surface area contributed by atoms with E-state index in [-0.39, 0.29) is 6.04 Å². The number of nitrogens with zero attached hydrogens (tertiary/aromatic N) is 1. The minimum atomic E-state index is -4.32. The van der Waals surface area contributed by atoms with E-state index in [1.807, 2.05) is 0 Å². The smallest absolute Gasteiger partial charge is 0.366 e. The average molecular weight is 257 g/mol. The molecule has 1 aromatic heterocycles. The second-order valence-corrected chi connectivity index (χ2v) is 4.96. The zero-order valence-corrected chi connectivity index (χ0v) is 9.67. The summed E-state index contributed by atoms with van der Waals surface area (Å²) in [4.78, 5) is 3.83. The van der Waals surface area contributed by atoms with E-state index in [0.29, 0.717) is 17.9 Å². The Kier molecular flexibility index (Phi) is 2.69. The topological polar surface area (TPSA) is 37.0 Å². The van der Waals surface area contributed by atoms with Crippen LogP contribution in [-0.2, 0) is 6.18 Å². The van der Waals surface area contributed by atoms with Gasteiger partial charge < -0.3 is 10.6 Å². The first kappa shape index (κ1) is 11.8. The summed E-state index contributed by atoms with van der Waals surface area (Å²) >= 11 is 0. The van der Waals surface area contributed by atoms with E-state index in [0.717, 1.165) is 25.1 Å². The molecule has 3 unspecified atom stereocenters. The van der Waals surface area contributed by atoms with Crippen molar-refractivity contribution in [3.8, 4) is 0 Å². The van der Waals surface area contributed by atoms with Gasteiger partial charge in [0.2, 0.25) is 0 Å². The van der Waals surface area contributed by atoms with Gasteiger partial charge in [0.25, 0.3) is 0 Å². The molecule has 0 saturated carbocycles. The molecule has 2 fully saturated rings. The Hall–Kier alpha value is -1.30. The third-order valence-electron chi connectivity index (χ3n) is 3.72. The lowest BCUT2D eigenvalue weighted by atomic mass is 9.95. The van der Waals surface area contributed by atoms with Gasteiger partial charge in [0.15, 0.2) is 0 Å². The molecular weight excluding hydrogens is 243 g/mol. The standard InChI is InChI=1S/C12H14F3N3/c13-12(14,15)7-1-4-11(16-6-7)18-10-5-8-2-3-9(10)17-8/h1,4,6,8-10,17H,2-3,5H2,(H,16,18). The Morgan fingerprint density at radius 2 is 2.11 bits per heavy atom. The average Bonchev–Trinajstić information content (AvgIpc) is 2.90. The van der Waals surface area contributed by atoms with Crippen molar-refractivity contribution >= 4 is 5.82 Å². The lowest BCUT2D eigenvalue weighted by Crippen LogP contribution is -2.33. The number of hydrogen-bond acceptors (Lipinski definition) is 3. The maximum absolute atomic E-state index is 12.4. The Labute approximate surface area is 103 Å². The molecule has 18 heavy (non-hydrogen) atoms. The molecule has 3 atom stereocenters. The van der Waals surface area contributed by atoms with Crippen LogP contribution in [-0.4, -0.2) is 23.1 Å². The van der Waals surface area contributed by atoms with Crippen LogP contribution in [0, 0.1) is 0 Å². The quantitative estimate of drug-likeness (QED) is 0.854. The van der Waals surface area contributed by atoms with Gasteiger partial charge >= 0.3 is 6.18 Å². The Bertz CT molecular complexity index is 429. The van der Waals surface area contributed by atoms with Gasteiger partial charge in [-0.3, -0.25) is 0 Å². The van der Waals surface area contributed by atoms with Crippen LogP contribution in [0.4, 0.5) is 19.0 Å². The summed E-state index contributed by atoms with van der Waals surface area (Å²) < 4.78 is 37.1. The fourth-order valence-corrected chi connectivity index (χ4v) is 2.82. The fraction of sp³-hybridized carbons (Fsp3) is 0.583.